The SMILES string of the molecule is O=[N+]([O-])c1cc(F)c(Br)cc1NCCNC1CC1. The molecule has 0 saturated heterocycles. The molecule has 1 aromatic rings. The van der Waals surface area contributed by atoms with Gasteiger partial charge in [0.25, 0.3) is 5.69 Å². The Bertz CT molecular complexity index is 466. The molecule has 0 amide bonds. The van der Waals surface area contributed by atoms with E-state index in [0.717, 1.165) is 12.6 Å². The lowest BCUT2D eigenvalue weighted by atomic mass is 10.2. The zero-order chi connectivity index (χ0) is 13.1. The predicted molar refractivity (Wildman–Crippen MR) is 70.3 cm³/mol. The summed E-state index contributed by atoms with van der Waals surface area (Å²) in [6, 6.07) is 2.91. The molecule has 1 aromatic carbocycles. The number of halogens is 2. The first kappa shape index (κ1) is 13.2. The molecule has 1 aliphatic rings. The summed E-state index contributed by atoms with van der Waals surface area (Å²) in [6.45, 7) is 1.30. The molecule has 18 heavy (non-hydrogen) atoms. The van der Waals surface area contributed by atoms with Crippen LogP contribution < -0.4 is 10.6 Å². The summed E-state index contributed by atoms with van der Waals surface area (Å²) in [5, 5.41) is 17.0. The Morgan fingerprint density at radius 3 is 2.78 bits per heavy atom. The molecule has 98 valence electrons. The number of nitrogens with zero attached hydrogens (tertiary/aromatic N) is 1. The van der Waals surface area contributed by atoms with Crippen LogP contribution in [0, 0.1) is 15.9 Å². The molecule has 1 saturated carbocycles. The van der Waals surface area contributed by atoms with Gasteiger partial charge < -0.3 is 10.6 Å². The highest BCUT2D eigenvalue weighted by molar-refractivity contribution is 9.10. The number of benzene rings is 1. The summed E-state index contributed by atoms with van der Waals surface area (Å²) in [6.07, 6.45) is 2.39. The van der Waals surface area contributed by atoms with Crippen molar-refractivity contribution in [2.75, 3.05) is 18.4 Å². The molecule has 0 bridgehead atoms. The van der Waals surface area contributed by atoms with Gasteiger partial charge in [-0.05, 0) is 34.8 Å². The Hall–Kier alpha value is -1.21. The van der Waals surface area contributed by atoms with E-state index in [1.165, 1.54) is 18.9 Å². The van der Waals surface area contributed by atoms with E-state index in [1.807, 2.05) is 0 Å². The van der Waals surface area contributed by atoms with Gasteiger partial charge in [-0.15, -0.1) is 0 Å². The number of nitrogens with one attached hydrogen (secondary N) is 2. The Balaban J connectivity index is 1.99. The van der Waals surface area contributed by atoms with Crippen LogP contribution in [0.25, 0.3) is 0 Å². The molecular formula is C11H13BrFN3O2. The van der Waals surface area contributed by atoms with Gasteiger partial charge in [-0.25, -0.2) is 4.39 Å². The fourth-order valence-corrected chi connectivity index (χ4v) is 1.93. The molecule has 0 radical (unpaired) electrons. The van der Waals surface area contributed by atoms with Gasteiger partial charge in [-0.2, -0.15) is 0 Å². The summed E-state index contributed by atoms with van der Waals surface area (Å²) in [5.74, 6) is -0.636. The van der Waals surface area contributed by atoms with Gasteiger partial charge in [-0.1, -0.05) is 0 Å². The first-order chi connectivity index (χ1) is 8.58. The van der Waals surface area contributed by atoms with Gasteiger partial charge in [0.1, 0.15) is 11.5 Å². The predicted octanol–water partition coefficient (Wildman–Crippen LogP) is 2.66. The van der Waals surface area contributed by atoms with Crippen molar-refractivity contribution in [1.29, 1.82) is 0 Å². The Labute approximate surface area is 112 Å². The fraction of sp³-hybridized carbons (Fsp3) is 0.455. The van der Waals surface area contributed by atoms with E-state index in [9.17, 15) is 14.5 Å². The van der Waals surface area contributed by atoms with Gasteiger partial charge in [0.15, 0.2) is 0 Å². The molecule has 7 heteroatoms. The number of hydrogen-bond acceptors (Lipinski definition) is 4. The van der Waals surface area contributed by atoms with Crippen LogP contribution in [0.15, 0.2) is 16.6 Å². The summed E-state index contributed by atoms with van der Waals surface area (Å²) in [7, 11) is 0. The van der Waals surface area contributed by atoms with Crippen molar-refractivity contribution in [2.45, 2.75) is 18.9 Å². The Morgan fingerprint density at radius 2 is 2.17 bits per heavy atom. The van der Waals surface area contributed by atoms with Crippen molar-refractivity contribution in [1.82, 2.24) is 5.32 Å². The molecule has 0 aliphatic heterocycles. The van der Waals surface area contributed by atoms with Crippen LogP contribution in [0.3, 0.4) is 0 Å². The molecule has 0 unspecified atom stereocenters. The van der Waals surface area contributed by atoms with Crippen LogP contribution >= 0.6 is 15.9 Å². The van der Waals surface area contributed by atoms with Gasteiger partial charge in [0, 0.05) is 19.1 Å². The van der Waals surface area contributed by atoms with E-state index in [-0.39, 0.29) is 10.2 Å². The lowest BCUT2D eigenvalue weighted by molar-refractivity contribution is -0.384. The van der Waals surface area contributed by atoms with E-state index < -0.39 is 10.7 Å². The second-order valence-electron chi connectivity index (χ2n) is 4.20. The quantitative estimate of drug-likeness (QED) is 0.481. The lowest BCUT2D eigenvalue weighted by Crippen LogP contribution is -2.24. The maximum Gasteiger partial charge on any atom is 0.295 e. The monoisotopic (exact) mass is 317 g/mol. The van der Waals surface area contributed by atoms with Gasteiger partial charge in [-0.3, -0.25) is 10.1 Å². The van der Waals surface area contributed by atoms with E-state index in [0.29, 0.717) is 18.3 Å². The van der Waals surface area contributed by atoms with Crippen molar-refractivity contribution < 1.29 is 9.31 Å². The van der Waals surface area contributed by atoms with Gasteiger partial charge >= 0.3 is 0 Å². The lowest BCUT2D eigenvalue weighted by Gasteiger charge is -2.08. The molecule has 1 fully saturated rings. The normalized spacial score (nSPS) is 14.6. The third-order valence-corrected chi connectivity index (χ3v) is 3.29. The first-order valence-electron chi connectivity index (χ1n) is 5.68. The van der Waals surface area contributed by atoms with Crippen molar-refractivity contribution in [3.8, 4) is 0 Å². The third-order valence-electron chi connectivity index (χ3n) is 2.69. The van der Waals surface area contributed by atoms with Crippen LogP contribution in [0.1, 0.15) is 12.8 Å². The van der Waals surface area contributed by atoms with Crippen molar-refractivity contribution in [3.63, 3.8) is 0 Å². The van der Waals surface area contributed by atoms with E-state index in [2.05, 4.69) is 26.6 Å². The molecule has 2 rings (SSSR count). The average molecular weight is 318 g/mol. The first-order valence-corrected chi connectivity index (χ1v) is 6.48. The molecular weight excluding hydrogens is 305 g/mol. The maximum atomic E-state index is 13.2. The average Bonchev–Trinajstić information content (AvgIpc) is 3.12. The van der Waals surface area contributed by atoms with Crippen molar-refractivity contribution in [3.05, 3.63) is 32.5 Å². The number of rotatable bonds is 6. The smallest absolute Gasteiger partial charge is 0.295 e. The van der Waals surface area contributed by atoms with Crippen molar-refractivity contribution in [2.24, 2.45) is 0 Å². The van der Waals surface area contributed by atoms with Crippen LogP contribution in [-0.2, 0) is 0 Å². The highest BCUT2D eigenvalue weighted by atomic mass is 79.9. The zero-order valence-electron chi connectivity index (χ0n) is 9.58. The van der Waals surface area contributed by atoms with Crippen LogP contribution in [0.2, 0.25) is 0 Å². The minimum Gasteiger partial charge on any atom is -0.378 e. The minimum absolute atomic E-state index is 0.214. The molecule has 1 aliphatic carbocycles. The Kier molecular flexibility index (Phi) is 4.13. The molecule has 0 heterocycles. The topological polar surface area (TPSA) is 67.2 Å². The molecule has 0 spiro atoms. The standard InChI is InChI=1S/C11H13BrFN3O2/c12-8-5-10(11(16(17)18)6-9(8)13)15-4-3-14-7-1-2-7/h5-7,14-15H,1-4H2. The molecule has 2 N–H and O–H groups in total. The summed E-state index contributed by atoms with van der Waals surface area (Å²) < 4.78 is 13.4. The van der Waals surface area contributed by atoms with Gasteiger partial charge in [0.2, 0.25) is 0 Å². The Morgan fingerprint density at radius 1 is 1.44 bits per heavy atom. The minimum atomic E-state index is -0.636. The van der Waals surface area contributed by atoms with Crippen molar-refractivity contribution >= 4 is 27.3 Å². The summed E-state index contributed by atoms with van der Waals surface area (Å²) >= 11 is 3.02. The van der Waals surface area contributed by atoms with Crippen LogP contribution in [0.5, 0.6) is 0 Å². The largest absolute Gasteiger partial charge is 0.378 e. The number of nitro benzene ring substituents is 1. The van der Waals surface area contributed by atoms with Gasteiger partial charge in [0.05, 0.1) is 15.5 Å². The number of anilines is 1. The second-order valence-corrected chi connectivity index (χ2v) is 5.05. The molecule has 5 nitrogen and oxygen atoms in total. The number of hydrogen-bond donors (Lipinski definition) is 2. The fourth-order valence-electron chi connectivity index (χ4n) is 1.59. The van der Waals surface area contributed by atoms with E-state index in [4.69, 9.17) is 0 Å². The highest BCUT2D eigenvalue weighted by Gasteiger charge is 2.20. The summed E-state index contributed by atoms with van der Waals surface area (Å²) in [5.41, 5.74) is 0.0768. The second kappa shape index (κ2) is 5.62. The van der Waals surface area contributed by atoms with E-state index >= 15 is 0 Å². The van der Waals surface area contributed by atoms with E-state index in [1.54, 1.807) is 0 Å². The molecule has 0 atom stereocenters. The van der Waals surface area contributed by atoms with Crippen LogP contribution in [0.4, 0.5) is 15.8 Å². The summed E-state index contributed by atoms with van der Waals surface area (Å²) in [4.78, 5) is 10.2. The highest BCUT2D eigenvalue weighted by Crippen LogP contribution is 2.30. The number of nitro groups is 1. The zero-order valence-corrected chi connectivity index (χ0v) is 11.2. The molecule has 0 aromatic heterocycles. The maximum absolute atomic E-state index is 13.2. The third kappa shape index (κ3) is 3.39. The van der Waals surface area contributed by atoms with Crippen LogP contribution in [-0.4, -0.2) is 24.1 Å².